The lowest BCUT2D eigenvalue weighted by Gasteiger charge is -2.03. The van der Waals surface area contributed by atoms with Crippen LogP contribution in [0.15, 0.2) is 36.5 Å². The van der Waals surface area contributed by atoms with E-state index in [1.165, 1.54) is 12.3 Å². The van der Waals surface area contributed by atoms with Gasteiger partial charge >= 0.3 is 0 Å². The van der Waals surface area contributed by atoms with E-state index in [9.17, 15) is 4.79 Å². The van der Waals surface area contributed by atoms with Gasteiger partial charge in [0.25, 0.3) is 0 Å². The van der Waals surface area contributed by atoms with Gasteiger partial charge in [-0.15, -0.1) is 0 Å². The molecule has 0 radical (unpaired) electrons. The van der Waals surface area contributed by atoms with Gasteiger partial charge in [-0.05, 0) is 30.3 Å². The molecule has 0 saturated carbocycles. The molecule has 0 aliphatic rings. The first-order valence-corrected chi connectivity index (χ1v) is 5.55. The van der Waals surface area contributed by atoms with Crippen LogP contribution in [0, 0.1) is 0 Å². The fourth-order valence-electron chi connectivity index (χ4n) is 1.35. The molecule has 0 atom stereocenters. The highest BCUT2D eigenvalue weighted by Gasteiger charge is 2.14. The molecule has 0 bridgehead atoms. The zero-order valence-electron chi connectivity index (χ0n) is 8.65. The van der Waals surface area contributed by atoms with Crippen LogP contribution in [0.4, 0.5) is 5.69 Å². The monoisotopic (exact) mass is 266 g/mol. The Bertz CT molecular complexity index is 567. The molecule has 17 heavy (non-hydrogen) atoms. The lowest BCUT2D eigenvalue weighted by Crippen LogP contribution is -2.05. The van der Waals surface area contributed by atoms with Gasteiger partial charge in [-0.2, -0.15) is 0 Å². The summed E-state index contributed by atoms with van der Waals surface area (Å²) in [5, 5.41) is 0.797. The summed E-state index contributed by atoms with van der Waals surface area (Å²) in [6.45, 7) is 0. The highest BCUT2D eigenvalue weighted by atomic mass is 35.5. The van der Waals surface area contributed by atoms with Crippen LogP contribution >= 0.6 is 23.2 Å². The van der Waals surface area contributed by atoms with Crippen LogP contribution < -0.4 is 5.73 Å². The fraction of sp³-hybridized carbons (Fsp3) is 0. The van der Waals surface area contributed by atoms with Crippen molar-refractivity contribution in [2.45, 2.75) is 0 Å². The van der Waals surface area contributed by atoms with Crippen LogP contribution in [0.1, 0.15) is 16.1 Å². The molecule has 86 valence electrons. The maximum Gasteiger partial charge on any atom is 0.212 e. The van der Waals surface area contributed by atoms with Crippen molar-refractivity contribution in [2.24, 2.45) is 0 Å². The highest BCUT2D eigenvalue weighted by Crippen LogP contribution is 2.22. The van der Waals surface area contributed by atoms with E-state index >= 15 is 0 Å². The molecule has 0 saturated heterocycles. The van der Waals surface area contributed by atoms with Gasteiger partial charge < -0.3 is 5.73 Å². The van der Waals surface area contributed by atoms with Gasteiger partial charge in [-0.25, -0.2) is 0 Å². The minimum Gasteiger partial charge on any atom is -0.397 e. The number of carbonyl (C=O) groups is 1. The Morgan fingerprint density at radius 3 is 2.59 bits per heavy atom. The van der Waals surface area contributed by atoms with Crippen molar-refractivity contribution >= 4 is 34.7 Å². The van der Waals surface area contributed by atoms with E-state index in [2.05, 4.69) is 4.98 Å². The average Bonchev–Trinajstić information content (AvgIpc) is 2.32. The number of hydrogen-bond acceptors (Lipinski definition) is 3. The molecular formula is C12H8Cl2N2O. The summed E-state index contributed by atoms with van der Waals surface area (Å²) in [5.74, 6) is -0.280. The Morgan fingerprint density at radius 2 is 1.94 bits per heavy atom. The second-order valence-electron chi connectivity index (χ2n) is 3.43. The molecule has 0 spiro atoms. The summed E-state index contributed by atoms with van der Waals surface area (Å²) in [6, 6.07) is 7.88. The van der Waals surface area contributed by atoms with E-state index in [1.54, 1.807) is 24.3 Å². The number of nitrogens with two attached hydrogens (primary N) is 1. The number of rotatable bonds is 2. The zero-order chi connectivity index (χ0) is 12.4. The second kappa shape index (κ2) is 4.73. The zero-order valence-corrected chi connectivity index (χ0v) is 10.2. The van der Waals surface area contributed by atoms with E-state index in [0.29, 0.717) is 21.3 Å². The molecular weight excluding hydrogens is 259 g/mol. The number of carbonyl (C=O) groups excluding carboxylic acids is 1. The average molecular weight is 267 g/mol. The number of anilines is 1. The minimum absolute atomic E-state index is 0.280. The largest absolute Gasteiger partial charge is 0.397 e. The highest BCUT2D eigenvalue weighted by molar-refractivity contribution is 6.36. The molecule has 0 aliphatic carbocycles. The first kappa shape index (κ1) is 11.9. The van der Waals surface area contributed by atoms with Gasteiger partial charge in [0.1, 0.15) is 5.69 Å². The van der Waals surface area contributed by atoms with Crippen LogP contribution in [0.2, 0.25) is 10.0 Å². The predicted octanol–water partition coefficient (Wildman–Crippen LogP) is 3.20. The number of benzene rings is 1. The molecule has 0 unspecified atom stereocenters. The number of nitrogens with zero attached hydrogens (tertiary/aromatic N) is 1. The van der Waals surface area contributed by atoms with Crippen LogP contribution in [-0.2, 0) is 0 Å². The molecule has 0 fully saturated rings. The van der Waals surface area contributed by atoms with Gasteiger partial charge in [0.2, 0.25) is 5.78 Å². The smallest absolute Gasteiger partial charge is 0.212 e. The number of pyridine rings is 1. The summed E-state index contributed by atoms with van der Waals surface area (Å²) in [7, 11) is 0. The molecule has 2 aromatic rings. The maximum absolute atomic E-state index is 12.1. The van der Waals surface area contributed by atoms with Crippen molar-refractivity contribution < 1.29 is 4.79 Å². The second-order valence-corrected chi connectivity index (χ2v) is 4.27. The van der Waals surface area contributed by atoms with Crippen molar-refractivity contribution in [3.8, 4) is 0 Å². The Kier molecular flexibility index (Phi) is 3.31. The predicted molar refractivity (Wildman–Crippen MR) is 68.5 cm³/mol. The quantitative estimate of drug-likeness (QED) is 0.850. The molecule has 1 aromatic heterocycles. The summed E-state index contributed by atoms with van der Waals surface area (Å²) in [4.78, 5) is 16.0. The lowest BCUT2D eigenvalue weighted by molar-refractivity contribution is 0.103. The summed E-state index contributed by atoms with van der Waals surface area (Å²) >= 11 is 11.8. The van der Waals surface area contributed by atoms with Gasteiger partial charge in [0.05, 0.1) is 16.9 Å². The van der Waals surface area contributed by atoms with Crippen molar-refractivity contribution in [2.75, 3.05) is 5.73 Å². The third-order valence-corrected chi connectivity index (χ3v) is 2.76. The van der Waals surface area contributed by atoms with Crippen LogP contribution in [0.3, 0.4) is 0 Å². The Labute approximate surface area is 108 Å². The SMILES string of the molecule is Nc1ccc(C(=O)c2cc(Cl)ccc2Cl)nc1. The number of aromatic nitrogens is 1. The number of halogens is 2. The molecule has 0 amide bonds. The van der Waals surface area contributed by atoms with E-state index < -0.39 is 0 Å². The lowest BCUT2D eigenvalue weighted by atomic mass is 10.1. The summed E-state index contributed by atoms with van der Waals surface area (Å²) in [5.41, 5.74) is 6.61. The molecule has 1 heterocycles. The van der Waals surface area contributed by atoms with Crippen molar-refractivity contribution in [3.05, 3.63) is 57.8 Å². The van der Waals surface area contributed by atoms with Crippen molar-refractivity contribution in [3.63, 3.8) is 0 Å². The molecule has 2 rings (SSSR count). The standard InChI is InChI=1S/C12H8Cl2N2O/c13-7-1-3-10(14)9(5-7)12(17)11-4-2-8(15)6-16-11/h1-6H,15H2. The topological polar surface area (TPSA) is 56.0 Å². The molecule has 0 aliphatic heterocycles. The van der Waals surface area contributed by atoms with Gasteiger partial charge in [-0.1, -0.05) is 23.2 Å². The summed E-state index contributed by atoms with van der Waals surface area (Å²) < 4.78 is 0. The summed E-state index contributed by atoms with van der Waals surface area (Å²) in [6.07, 6.45) is 1.42. The fourth-order valence-corrected chi connectivity index (χ4v) is 1.72. The Balaban J connectivity index is 2.43. The normalized spacial score (nSPS) is 10.2. The first-order chi connectivity index (χ1) is 8.08. The van der Waals surface area contributed by atoms with Crippen LogP contribution in [-0.4, -0.2) is 10.8 Å². The van der Waals surface area contributed by atoms with E-state index in [4.69, 9.17) is 28.9 Å². The molecule has 2 N–H and O–H groups in total. The molecule has 3 nitrogen and oxygen atoms in total. The third-order valence-electron chi connectivity index (χ3n) is 2.19. The van der Waals surface area contributed by atoms with Crippen molar-refractivity contribution in [1.82, 2.24) is 4.98 Å². The van der Waals surface area contributed by atoms with Crippen LogP contribution in [0.25, 0.3) is 0 Å². The Hall–Kier alpha value is -1.58. The van der Waals surface area contributed by atoms with E-state index in [1.807, 2.05) is 0 Å². The van der Waals surface area contributed by atoms with Gasteiger partial charge in [-0.3, -0.25) is 9.78 Å². The number of nitrogen functional groups attached to an aromatic ring is 1. The maximum atomic E-state index is 12.1. The minimum atomic E-state index is -0.280. The number of ketones is 1. The van der Waals surface area contributed by atoms with E-state index in [-0.39, 0.29) is 11.5 Å². The third kappa shape index (κ3) is 2.57. The Morgan fingerprint density at radius 1 is 1.18 bits per heavy atom. The van der Waals surface area contributed by atoms with Gasteiger partial charge in [0.15, 0.2) is 0 Å². The number of hydrogen-bond donors (Lipinski definition) is 1. The molecule has 5 heteroatoms. The van der Waals surface area contributed by atoms with Crippen molar-refractivity contribution in [1.29, 1.82) is 0 Å². The van der Waals surface area contributed by atoms with Crippen LogP contribution in [0.5, 0.6) is 0 Å². The molecule has 1 aromatic carbocycles. The first-order valence-electron chi connectivity index (χ1n) is 4.79. The van der Waals surface area contributed by atoms with E-state index in [0.717, 1.165) is 0 Å². The van der Waals surface area contributed by atoms with Gasteiger partial charge in [0, 0.05) is 10.6 Å².